The van der Waals surface area contributed by atoms with Crippen LogP contribution in [-0.2, 0) is 9.53 Å². The van der Waals surface area contributed by atoms with Crippen LogP contribution in [0.2, 0.25) is 0 Å². The zero-order valence-electron chi connectivity index (χ0n) is 15.7. The maximum Gasteiger partial charge on any atom is 0.350 e. The average Bonchev–Trinajstić information content (AvgIpc) is 3.01. The normalized spacial score (nSPS) is 19.8. The lowest BCUT2D eigenvalue weighted by atomic mass is 9.92. The molecule has 5 nitrogen and oxygen atoms in total. The number of esters is 1. The smallest absolute Gasteiger partial charge is 0.350 e. The summed E-state index contributed by atoms with van der Waals surface area (Å²) in [5.74, 6) is -0.134. The first-order valence-electron chi connectivity index (χ1n) is 9.01. The molecule has 1 amide bonds. The van der Waals surface area contributed by atoms with Crippen LogP contribution in [0.5, 0.6) is 0 Å². The van der Waals surface area contributed by atoms with Gasteiger partial charge in [0.2, 0.25) is 0 Å². The number of ether oxygens (including phenoxy) is 1. The van der Waals surface area contributed by atoms with Gasteiger partial charge in [-0.1, -0.05) is 13.8 Å². The molecule has 144 valence electrons. The molecule has 1 aliphatic rings. The number of hydrogen-bond donors (Lipinski definition) is 0. The number of piperidine rings is 1. The van der Waals surface area contributed by atoms with Crippen molar-refractivity contribution in [2.75, 3.05) is 19.7 Å². The molecule has 0 N–H and O–H groups in total. The number of halogens is 1. The van der Waals surface area contributed by atoms with Crippen molar-refractivity contribution in [3.8, 4) is 10.6 Å². The Morgan fingerprint density at radius 2 is 1.85 bits per heavy atom. The van der Waals surface area contributed by atoms with Gasteiger partial charge < -0.3 is 9.64 Å². The number of carbonyl (C=O) groups excluding carboxylic acids is 2. The van der Waals surface area contributed by atoms with Gasteiger partial charge in [-0.2, -0.15) is 0 Å². The molecule has 2 aromatic rings. The molecule has 1 aliphatic heterocycles. The minimum Gasteiger partial charge on any atom is -0.451 e. The van der Waals surface area contributed by atoms with Crippen molar-refractivity contribution < 1.29 is 18.7 Å². The zero-order valence-corrected chi connectivity index (χ0v) is 16.5. The van der Waals surface area contributed by atoms with E-state index < -0.39 is 5.97 Å². The van der Waals surface area contributed by atoms with Gasteiger partial charge in [0.05, 0.1) is 5.69 Å². The van der Waals surface area contributed by atoms with Crippen LogP contribution in [0.1, 0.15) is 35.6 Å². The van der Waals surface area contributed by atoms with Gasteiger partial charge in [0.25, 0.3) is 5.91 Å². The predicted molar refractivity (Wildman–Crippen MR) is 102 cm³/mol. The molecular weight excluding hydrogens is 367 g/mol. The van der Waals surface area contributed by atoms with Crippen molar-refractivity contribution in [2.24, 2.45) is 11.8 Å². The molecule has 0 radical (unpaired) electrons. The Bertz CT molecular complexity index is 824. The lowest BCUT2D eigenvalue weighted by Gasteiger charge is -2.34. The summed E-state index contributed by atoms with van der Waals surface area (Å²) in [4.78, 5) is 31.3. The fraction of sp³-hybridized carbons (Fsp3) is 0.450. The van der Waals surface area contributed by atoms with Crippen LogP contribution in [0, 0.1) is 24.6 Å². The highest BCUT2D eigenvalue weighted by molar-refractivity contribution is 7.17. The van der Waals surface area contributed by atoms with E-state index in [1.165, 1.54) is 23.5 Å². The van der Waals surface area contributed by atoms with E-state index in [1.54, 1.807) is 24.0 Å². The molecule has 27 heavy (non-hydrogen) atoms. The third kappa shape index (κ3) is 4.71. The maximum atomic E-state index is 13.1. The molecule has 3 rings (SSSR count). The zero-order chi connectivity index (χ0) is 19.6. The van der Waals surface area contributed by atoms with Crippen molar-refractivity contribution in [1.29, 1.82) is 0 Å². The van der Waals surface area contributed by atoms with E-state index in [9.17, 15) is 14.0 Å². The van der Waals surface area contributed by atoms with E-state index in [0.717, 1.165) is 12.0 Å². The van der Waals surface area contributed by atoms with Gasteiger partial charge in [-0.25, -0.2) is 14.2 Å². The van der Waals surface area contributed by atoms with Crippen LogP contribution in [0.3, 0.4) is 0 Å². The van der Waals surface area contributed by atoms with Crippen molar-refractivity contribution >= 4 is 23.2 Å². The number of aromatic nitrogens is 1. The van der Waals surface area contributed by atoms with Gasteiger partial charge in [0.1, 0.15) is 15.7 Å². The number of benzene rings is 1. The predicted octanol–water partition coefficient (Wildman–Crippen LogP) is 3.92. The summed E-state index contributed by atoms with van der Waals surface area (Å²) in [7, 11) is 0. The molecule has 0 spiro atoms. The summed E-state index contributed by atoms with van der Waals surface area (Å²) in [5, 5.41) is 0.615. The van der Waals surface area contributed by atoms with Crippen molar-refractivity contribution in [3.05, 3.63) is 40.7 Å². The van der Waals surface area contributed by atoms with Crippen LogP contribution in [-0.4, -0.2) is 41.5 Å². The van der Waals surface area contributed by atoms with E-state index in [2.05, 4.69) is 18.8 Å². The molecule has 2 atom stereocenters. The van der Waals surface area contributed by atoms with Crippen LogP contribution < -0.4 is 0 Å². The Morgan fingerprint density at radius 1 is 1.22 bits per heavy atom. The molecule has 1 aromatic heterocycles. The molecule has 1 fully saturated rings. The quantitative estimate of drug-likeness (QED) is 0.743. The van der Waals surface area contributed by atoms with Crippen molar-refractivity contribution in [3.63, 3.8) is 0 Å². The Morgan fingerprint density at radius 3 is 2.48 bits per heavy atom. The number of amides is 1. The average molecular weight is 390 g/mol. The third-order valence-electron chi connectivity index (χ3n) is 4.62. The number of nitrogens with zero attached hydrogens (tertiary/aromatic N) is 2. The largest absolute Gasteiger partial charge is 0.451 e. The van der Waals surface area contributed by atoms with Crippen LogP contribution in [0.15, 0.2) is 24.3 Å². The number of likely N-dealkylation sites (tertiary alicyclic amines) is 1. The summed E-state index contributed by atoms with van der Waals surface area (Å²) < 4.78 is 18.3. The van der Waals surface area contributed by atoms with E-state index in [-0.39, 0.29) is 18.3 Å². The number of aryl methyl sites for hydroxylation is 1. The standard InChI is InChI=1S/C20H23FN2O3S/c1-12-8-13(2)10-23(9-12)17(24)11-26-20(25)18-14(3)22-19(27-18)15-4-6-16(21)7-5-15/h4-7,12-13H,8-11H2,1-3H3/t12-,13-/m1/s1. The Labute approximate surface area is 162 Å². The number of carbonyl (C=O) groups is 2. The van der Waals surface area contributed by atoms with Gasteiger partial charge >= 0.3 is 5.97 Å². The topological polar surface area (TPSA) is 59.5 Å². The summed E-state index contributed by atoms with van der Waals surface area (Å²) >= 11 is 1.18. The van der Waals surface area contributed by atoms with E-state index in [4.69, 9.17) is 4.74 Å². The Hall–Kier alpha value is -2.28. The van der Waals surface area contributed by atoms with Gasteiger partial charge in [-0.05, 0) is 49.4 Å². The maximum absolute atomic E-state index is 13.1. The van der Waals surface area contributed by atoms with Crippen molar-refractivity contribution in [2.45, 2.75) is 27.2 Å². The fourth-order valence-corrected chi connectivity index (χ4v) is 4.42. The molecule has 0 unspecified atom stereocenters. The highest BCUT2D eigenvalue weighted by Gasteiger charge is 2.26. The molecule has 1 aromatic carbocycles. The van der Waals surface area contributed by atoms with Gasteiger partial charge in [0, 0.05) is 18.7 Å². The molecule has 0 aliphatic carbocycles. The summed E-state index contributed by atoms with van der Waals surface area (Å²) in [6, 6.07) is 5.93. The fourth-order valence-electron chi connectivity index (χ4n) is 3.45. The summed E-state index contributed by atoms with van der Waals surface area (Å²) in [5.41, 5.74) is 1.27. The molecule has 0 bridgehead atoms. The van der Waals surface area contributed by atoms with Crippen molar-refractivity contribution in [1.82, 2.24) is 9.88 Å². The first-order chi connectivity index (χ1) is 12.8. The van der Waals surface area contributed by atoms with Crippen LogP contribution in [0.4, 0.5) is 4.39 Å². The minimum absolute atomic E-state index is 0.164. The second-order valence-corrected chi connectivity index (χ2v) is 8.26. The lowest BCUT2D eigenvalue weighted by molar-refractivity contribution is -0.137. The molecule has 1 saturated heterocycles. The van der Waals surface area contributed by atoms with E-state index >= 15 is 0 Å². The number of rotatable bonds is 4. The second kappa shape index (κ2) is 8.17. The number of hydrogen-bond acceptors (Lipinski definition) is 5. The highest BCUT2D eigenvalue weighted by Crippen LogP contribution is 2.28. The molecule has 0 saturated carbocycles. The second-order valence-electron chi connectivity index (χ2n) is 7.26. The molecule has 7 heteroatoms. The molecule has 2 heterocycles. The third-order valence-corrected chi connectivity index (χ3v) is 5.81. The van der Waals surface area contributed by atoms with Crippen LogP contribution in [0.25, 0.3) is 10.6 Å². The lowest BCUT2D eigenvalue weighted by Crippen LogP contribution is -2.44. The number of thiazole rings is 1. The Balaban J connectivity index is 1.63. The highest BCUT2D eigenvalue weighted by atomic mass is 32.1. The van der Waals surface area contributed by atoms with E-state index in [0.29, 0.717) is 40.5 Å². The van der Waals surface area contributed by atoms with Gasteiger partial charge in [0.15, 0.2) is 6.61 Å². The minimum atomic E-state index is -0.551. The first kappa shape index (κ1) is 19.5. The first-order valence-corrected chi connectivity index (χ1v) is 9.83. The monoisotopic (exact) mass is 390 g/mol. The summed E-state index contributed by atoms with van der Waals surface area (Å²) in [6.07, 6.45) is 1.11. The SMILES string of the molecule is Cc1nc(-c2ccc(F)cc2)sc1C(=O)OCC(=O)N1C[C@H](C)C[C@@H](C)C1. The molecular formula is C20H23FN2O3S. The Kier molecular flexibility index (Phi) is 5.89. The van der Waals surface area contributed by atoms with Crippen LogP contribution >= 0.6 is 11.3 Å². The summed E-state index contributed by atoms with van der Waals surface area (Å²) in [6.45, 7) is 7.11. The van der Waals surface area contributed by atoms with Gasteiger partial charge in [-0.3, -0.25) is 4.79 Å². The van der Waals surface area contributed by atoms with E-state index in [1.807, 2.05) is 0 Å². The van der Waals surface area contributed by atoms with Gasteiger partial charge in [-0.15, -0.1) is 11.3 Å².